The number of thiocarbonyl (C=S) groups is 1. The summed E-state index contributed by atoms with van der Waals surface area (Å²) < 4.78 is 0. The smallest absolute Gasteiger partial charge is 0.0966 e. The number of hydrogen-bond donors (Lipinski definition) is 1. The normalized spacial score (nSPS) is 25.4. The molecular weight excluding hydrogens is 312 g/mol. The monoisotopic (exact) mass is 344 g/mol. The SMILES string of the molecule is C[C@@H]1CCCC[C@H]1NCC(=S)N(c1ccccc1)C1CCCCC1. The van der Waals surface area contributed by atoms with Crippen molar-refractivity contribution >= 4 is 22.9 Å². The van der Waals surface area contributed by atoms with E-state index in [0.29, 0.717) is 12.1 Å². The van der Waals surface area contributed by atoms with Gasteiger partial charge in [0.2, 0.25) is 0 Å². The lowest BCUT2D eigenvalue weighted by Gasteiger charge is -2.37. The summed E-state index contributed by atoms with van der Waals surface area (Å²) >= 11 is 5.91. The first-order valence-corrected chi connectivity index (χ1v) is 10.3. The molecule has 0 unspecified atom stereocenters. The fourth-order valence-electron chi connectivity index (χ4n) is 4.41. The van der Waals surface area contributed by atoms with E-state index in [-0.39, 0.29) is 0 Å². The summed E-state index contributed by atoms with van der Waals surface area (Å²) in [7, 11) is 0. The molecular formula is C21H32N2S. The van der Waals surface area contributed by atoms with Gasteiger partial charge < -0.3 is 10.2 Å². The van der Waals surface area contributed by atoms with Crippen molar-refractivity contribution in [2.24, 2.45) is 5.92 Å². The van der Waals surface area contributed by atoms with Gasteiger partial charge in [0.25, 0.3) is 0 Å². The van der Waals surface area contributed by atoms with Crippen molar-refractivity contribution in [1.82, 2.24) is 5.32 Å². The average Bonchev–Trinajstić information content (AvgIpc) is 2.63. The van der Waals surface area contributed by atoms with Crippen LogP contribution in [-0.4, -0.2) is 23.6 Å². The van der Waals surface area contributed by atoms with Crippen LogP contribution in [0.4, 0.5) is 5.69 Å². The second-order valence-corrected chi connectivity index (χ2v) is 8.11. The van der Waals surface area contributed by atoms with Crippen LogP contribution >= 0.6 is 12.2 Å². The second kappa shape index (κ2) is 8.96. The van der Waals surface area contributed by atoms with E-state index in [9.17, 15) is 0 Å². The zero-order valence-electron chi connectivity index (χ0n) is 15.0. The minimum Gasteiger partial charge on any atom is -0.332 e. The van der Waals surface area contributed by atoms with Gasteiger partial charge in [-0.1, -0.05) is 69.4 Å². The average molecular weight is 345 g/mol. The number of benzene rings is 1. The molecule has 1 N–H and O–H groups in total. The molecule has 0 heterocycles. The number of rotatable bonds is 5. The maximum atomic E-state index is 5.91. The van der Waals surface area contributed by atoms with Gasteiger partial charge in [-0.05, 0) is 43.7 Å². The summed E-state index contributed by atoms with van der Waals surface area (Å²) in [5.74, 6) is 0.779. The third-order valence-electron chi connectivity index (χ3n) is 5.87. The molecule has 132 valence electrons. The van der Waals surface area contributed by atoms with Gasteiger partial charge >= 0.3 is 0 Å². The standard InChI is InChI=1S/C21H32N2S/c1-17-10-8-9-15-20(17)22-16-21(24)23(18-11-4-2-5-12-18)19-13-6-3-7-14-19/h2,4-5,11-12,17,19-20,22H,3,6-10,13-16H2,1H3/t17-,20-/m1/s1. The summed E-state index contributed by atoms with van der Waals surface area (Å²) in [5, 5.41) is 3.78. The second-order valence-electron chi connectivity index (χ2n) is 7.64. The van der Waals surface area contributed by atoms with E-state index >= 15 is 0 Å². The number of para-hydroxylation sites is 1. The Labute approximate surface area is 153 Å². The largest absolute Gasteiger partial charge is 0.332 e. The molecule has 2 atom stereocenters. The highest BCUT2D eigenvalue weighted by Crippen LogP contribution is 2.28. The van der Waals surface area contributed by atoms with E-state index in [1.165, 1.54) is 63.5 Å². The summed E-state index contributed by atoms with van der Waals surface area (Å²) in [6.07, 6.45) is 12.0. The molecule has 2 nitrogen and oxygen atoms in total. The summed E-state index contributed by atoms with van der Waals surface area (Å²) in [6.45, 7) is 3.23. The van der Waals surface area contributed by atoms with E-state index in [0.717, 1.165) is 17.5 Å². The number of nitrogens with zero attached hydrogens (tertiary/aromatic N) is 1. The summed E-state index contributed by atoms with van der Waals surface area (Å²) in [5.41, 5.74) is 1.27. The van der Waals surface area contributed by atoms with Gasteiger partial charge in [0, 0.05) is 24.3 Å². The predicted octanol–water partition coefficient (Wildman–Crippen LogP) is 5.32. The van der Waals surface area contributed by atoms with Crippen LogP contribution in [0.1, 0.15) is 64.7 Å². The zero-order chi connectivity index (χ0) is 16.8. The number of anilines is 1. The highest BCUT2D eigenvalue weighted by atomic mass is 32.1. The molecule has 0 amide bonds. The van der Waals surface area contributed by atoms with Crippen LogP contribution in [0, 0.1) is 5.92 Å². The van der Waals surface area contributed by atoms with Crippen LogP contribution in [0.5, 0.6) is 0 Å². The van der Waals surface area contributed by atoms with Gasteiger partial charge in [-0.15, -0.1) is 0 Å². The van der Waals surface area contributed by atoms with Crippen LogP contribution in [0.3, 0.4) is 0 Å². The van der Waals surface area contributed by atoms with Gasteiger partial charge in [0.1, 0.15) is 0 Å². The van der Waals surface area contributed by atoms with Crippen molar-refractivity contribution in [3.05, 3.63) is 30.3 Å². The lowest BCUT2D eigenvalue weighted by molar-refractivity contribution is 0.289. The minimum atomic E-state index is 0.583. The Hall–Kier alpha value is -0.930. The van der Waals surface area contributed by atoms with Crippen LogP contribution in [-0.2, 0) is 0 Å². The Balaban J connectivity index is 1.66. The number of nitrogens with one attached hydrogen (secondary N) is 1. The maximum absolute atomic E-state index is 5.91. The van der Waals surface area contributed by atoms with Crippen molar-refractivity contribution in [2.75, 3.05) is 11.4 Å². The quantitative estimate of drug-likeness (QED) is 0.728. The van der Waals surface area contributed by atoms with Crippen molar-refractivity contribution in [3.8, 4) is 0 Å². The lowest BCUT2D eigenvalue weighted by Crippen LogP contribution is -2.48. The molecule has 1 aromatic carbocycles. The molecule has 2 aliphatic carbocycles. The molecule has 3 heteroatoms. The van der Waals surface area contributed by atoms with Crippen LogP contribution in [0.15, 0.2) is 30.3 Å². The van der Waals surface area contributed by atoms with Gasteiger partial charge in [-0.25, -0.2) is 0 Å². The van der Waals surface area contributed by atoms with Crippen molar-refractivity contribution in [3.63, 3.8) is 0 Å². The molecule has 24 heavy (non-hydrogen) atoms. The number of hydrogen-bond acceptors (Lipinski definition) is 2. The molecule has 0 spiro atoms. The third-order valence-corrected chi connectivity index (χ3v) is 6.21. The van der Waals surface area contributed by atoms with E-state index in [4.69, 9.17) is 12.2 Å². The molecule has 3 rings (SSSR count). The predicted molar refractivity (Wildman–Crippen MR) is 108 cm³/mol. The molecule has 1 aromatic rings. The fourth-order valence-corrected chi connectivity index (χ4v) is 4.75. The van der Waals surface area contributed by atoms with Gasteiger partial charge in [0.05, 0.1) is 4.99 Å². The Bertz CT molecular complexity index is 510. The molecule has 0 saturated heterocycles. The maximum Gasteiger partial charge on any atom is 0.0966 e. The lowest BCUT2D eigenvalue weighted by atomic mass is 9.86. The van der Waals surface area contributed by atoms with E-state index in [1.54, 1.807) is 0 Å². The summed E-state index contributed by atoms with van der Waals surface area (Å²) in [6, 6.07) is 12.0. The Morgan fingerprint density at radius 3 is 2.38 bits per heavy atom. The van der Waals surface area contributed by atoms with Gasteiger partial charge in [0.15, 0.2) is 0 Å². The Morgan fingerprint density at radius 1 is 1.00 bits per heavy atom. The van der Waals surface area contributed by atoms with Crippen molar-refractivity contribution in [2.45, 2.75) is 76.8 Å². The van der Waals surface area contributed by atoms with Crippen LogP contribution in [0.25, 0.3) is 0 Å². The van der Waals surface area contributed by atoms with Crippen molar-refractivity contribution in [1.29, 1.82) is 0 Å². The first-order valence-electron chi connectivity index (χ1n) is 9.86. The highest BCUT2D eigenvalue weighted by Gasteiger charge is 2.26. The van der Waals surface area contributed by atoms with E-state index in [2.05, 4.69) is 47.5 Å². The van der Waals surface area contributed by atoms with E-state index in [1.807, 2.05) is 0 Å². The molecule has 2 saturated carbocycles. The van der Waals surface area contributed by atoms with E-state index < -0.39 is 0 Å². The minimum absolute atomic E-state index is 0.583. The zero-order valence-corrected chi connectivity index (χ0v) is 15.9. The van der Waals surface area contributed by atoms with Gasteiger partial charge in [-0.2, -0.15) is 0 Å². The molecule has 0 bridgehead atoms. The Morgan fingerprint density at radius 2 is 1.67 bits per heavy atom. The first-order chi connectivity index (χ1) is 11.8. The van der Waals surface area contributed by atoms with Crippen molar-refractivity contribution < 1.29 is 0 Å². The highest BCUT2D eigenvalue weighted by molar-refractivity contribution is 7.80. The van der Waals surface area contributed by atoms with Crippen LogP contribution in [0.2, 0.25) is 0 Å². The topological polar surface area (TPSA) is 15.3 Å². The fraction of sp³-hybridized carbons (Fsp3) is 0.667. The molecule has 2 aliphatic rings. The molecule has 0 radical (unpaired) electrons. The molecule has 0 aromatic heterocycles. The summed E-state index contributed by atoms with van der Waals surface area (Å²) in [4.78, 5) is 3.53. The first kappa shape index (κ1) is 17.9. The third kappa shape index (κ3) is 4.58. The Kier molecular flexibility index (Phi) is 6.67. The molecule has 0 aliphatic heterocycles. The van der Waals surface area contributed by atoms with Gasteiger partial charge in [-0.3, -0.25) is 0 Å². The van der Waals surface area contributed by atoms with Crippen LogP contribution < -0.4 is 10.2 Å². The molecule has 2 fully saturated rings.